The maximum Gasteiger partial charge on any atom is 0.267 e. The van der Waals surface area contributed by atoms with Crippen LogP contribution in [-0.4, -0.2) is 43.2 Å². The molecule has 2 aromatic rings. The molecule has 0 aromatic heterocycles. The molecule has 2 aromatic carbocycles. The highest BCUT2D eigenvalue weighted by atomic mass is 19.1. The first-order chi connectivity index (χ1) is 13.7. The van der Waals surface area contributed by atoms with Gasteiger partial charge in [0.05, 0.1) is 6.61 Å². The third-order valence-corrected chi connectivity index (χ3v) is 5.32. The molecule has 4 rings (SSSR count). The molecule has 1 fully saturated rings. The molecule has 1 atom stereocenters. The van der Waals surface area contributed by atoms with Gasteiger partial charge in [-0.05, 0) is 61.6 Å². The second kappa shape index (κ2) is 8.50. The molecule has 1 saturated heterocycles. The van der Waals surface area contributed by atoms with Gasteiger partial charge in [0.2, 0.25) is 6.10 Å². The summed E-state index contributed by atoms with van der Waals surface area (Å²) in [5, 5.41) is 0. The largest absolute Gasteiger partial charge is 0.494 e. The van der Waals surface area contributed by atoms with Crippen LogP contribution in [0.25, 0.3) is 0 Å². The van der Waals surface area contributed by atoms with Gasteiger partial charge in [-0.1, -0.05) is 12.1 Å². The van der Waals surface area contributed by atoms with Crippen molar-refractivity contribution in [2.45, 2.75) is 25.4 Å². The molecule has 148 valence electrons. The Morgan fingerprint density at radius 2 is 1.79 bits per heavy atom. The topological polar surface area (TPSA) is 48.0 Å². The SMILES string of the molecule is O=C(C1COc2ccccc2O1)N1CCC(CCOc2ccc(F)cc2)CC1. The van der Waals surface area contributed by atoms with Gasteiger partial charge in [0.25, 0.3) is 5.91 Å². The van der Waals surface area contributed by atoms with Crippen molar-refractivity contribution < 1.29 is 23.4 Å². The van der Waals surface area contributed by atoms with Crippen molar-refractivity contribution in [1.82, 2.24) is 4.90 Å². The lowest BCUT2D eigenvalue weighted by Gasteiger charge is -2.35. The van der Waals surface area contributed by atoms with E-state index in [4.69, 9.17) is 14.2 Å². The molecule has 0 N–H and O–H groups in total. The van der Waals surface area contributed by atoms with E-state index in [1.807, 2.05) is 29.2 Å². The Labute approximate surface area is 164 Å². The van der Waals surface area contributed by atoms with Gasteiger partial charge in [0.15, 0.2) is 11.5 Å². The average molecular weight is 385 g/mol. The van der Waals surface area contributed by atoms with Crippen molar-refractivity contribution >= 4 is 5.91 Å². The number of hydrogen-bond donors (Lipinski definition) is 0. The standard InChI is InChI=1S/C22H24FNO4/c23-17-5-7-18(8-6-17)26-14-11-16-9-12-24(13-10-16)22(25)21-15-27-19-3-1-2-4-20(19)28-21/h1-8,16,21H,9-15H2. The van der Waals surface area contributed by atoms with E-state index in [0.29, 0.717) is 29.8 Å². The predicted molar refractivity (Wildman–Crippen MR) is 102 cm³/mol. The van der Waals surface area contributed by atoms with Crippen molar-refractivity contribution in [3.8, 4) is 17.2 Å². The average Bonchev–Trinajstić information content (AvgIpc) is 2.75. The number of para-hydroxylation sites is 2. The van der Waals surface area contributed by atoms with E-state index in [2.05, 4.69) is 0 Å². The van der Waals surface area contributed by atoms with Gasteiger partial charge in [-0.2, -0.15) is 0 Å². The summed E-state index contributed by atoms with van der Waals surface area (Å²) in [6.45, 7) is 2.30. The molecule has 2 aliphatic heterocycles. The smallest absolute Gasteiger partial charge is 0.267 e. The molecule has 1 amide bonds. The highest BCUT2D eigenvalue weighted by molar-refractivity contribution is 5.82. The number of carbonyl (C=O) groups is 1. The summed E-state index contributed by atoms with van der Waals surface area (Å²) < 4.78 is 30.1. The molecule has 0 bridgehead atoms. The van der Waals surface area contributed by atoms with Gasteiger partial charge >= 0.3 is 0 Å². The van der Waals surface area contributed by atoms with E-state index in [1.54, 1.807) is 12.1 Å². The zero-order valence-corrected chi connectivity index (χ0v) is 15.7. The molecular weight excluding hydrogens is 361 g/mol. The number of amides is 1. The summed E-state index contributed by atoms with van der Waals surface area (Å²) >= 11 is 0. The van der Waals surface area contributed by atoms with Crippen LogP contribution in [0.5, 0.6) is 17.2 Å². The van der Waals surface area contributed by atoms with Gasteiger partial charge in [0.1, 0.15) is 18.2 Å². The number of piperidine rings is 1. The predicted octanol–water partition coefficient (Wildman–Crippen LogP) is 3.67. The monoisotopic (exact) mass is 385 g/mol. The van der Waals surface area contributed by atoms with Crippen molar-refractivity contribution in [3.63, 3.8) is 0 Å². The first-order valence-electron chi connectivity index (χ1n) is 9.74. The summed E-state index contributed by atoms with van der Waals surface area (Å²) in [6, 6.07) is 13.5. The second-order valence-corrected chi connectivity index (χ2v) is 7.22. The second-order valence-electron chi connectivity index (χ2n) is 7.22. The zero-order chi connectivity index (χ0) is 19.3. The van der Waals surface area contributed by atoms with Crippen LogP contribution in [0.4, 0.5) is 4.39 Å². The fourth-order valence-corrected chi connectivity index (χ4v) is 3.66. The molecule has 5 nitrogen and oxygen atoms in total. The number of nitrogens with zero attached hydrogens (tertiary/aromatic N) is 1. The molecule has 2 heterocycles. The van der Waals surface area contributed by atoms with Crippen molar-refractivity contribution in [2.75, 3.05) is 26.3 Å². The normalized spacial score (nSPS) is 19.3. The van der Waals surface area contributed by atoms with Gasteiger partial charge < -0.3 is 19.1 Å². The van der Waals surface area contributed by atoms with Gasteiger partial charge in [0, 0.05) is 13.1 Å². The van der Waals surface area contributed by atoms with Crippen LogP contribution in [0.15, 0.2) is 48.5 Å². The lowest BCUT2D eigenvalue weighted by molar-refractivity contribution is -0.142. The first kappa shape index (κ1) is 18.6. The molecule has 2 aliphatic rings. The molecular formula is C22H24FNO4. The highest BCUT2D eigenvalue weighted by Gasteiger charge is 2.33. The first-order valence-corrected chi connectivity index (χ1v) is 9.74. The number of halogens is 1. The van der Waals surface area contributed by atoms with Crippen molar-refractivity contribution in [2.24, 2.45) is 5.92 Å². The maximum absolute atomic E-state index is 12.9. The number of fused-ring (bicyclic) bond motifs is 1. The van der Waals surface area contributed by atoms with Crippen LogP contribution in [-0.2, 0) is 4.79 Å². The summed E-state index contributed by atoms with van der Waals surface area (Å²) in [6.07, 6.45) is 2.24. The molecule has 6 heteroatoms. The molecule has 0 radical (unpaired) electrons. The van der Waals surface area contributed by atoms with Gasteiger partial charge in [-0.15, -0.1) is 0 Å². The minimum Gasteiger partial charge on any atom is -0.494 e. The van der Waals surface area contributed by atoms with Crippen LogP contribution in [0.3, 0.4) is 0 Å². The van der Waals surface area contributed by atoms with Gasteiger partial charge in [-0.25, -0.2) is 4.39 Å². The number of likely N-dealkylation sites (tertiary alicyclic amines) is 1. The van der Waals surface area contributed by atoms with Gasteiger partial charge in [-0.3, -0.25) is 4.79 Å². The van der Waals surface area contributed by atoms with Crippen molar-refractivity contribution in [3.05, 3.63) is 54.3 Å². The Kier molecular flexibility index (Phi) is 5.65. The Bertz CT molecular complexity index is 802. The van der Waals surface area contributed by atoms with Crippen LogP contribution in [0.2, 0.25) is 0 Å². The Hall–Kier alpha value is -2.76. The summed E-state index contributed by atoms with van der Waals surface area (Å²) in [5.41, 5.74) is 0. The van der Waals surface area contributed by atoms with E-state index in [9.17, 15) is 9.18 Å². The Morgan fingerprint density at radius 1 is 1.07 bits per heavy atom. The van der Waals surface area contributed by atoms with E-state index < -0.39 is 6.10 Å². The quantitative estimate of drug-likeness (QED) is 0.788. The number of hydrogen-bond acceptors (Lipinski definition) is 4. The molecule has 1 unspecified atom stereocenters. The third-order valence-electron chi connectivity index (χ3n) is 5.32. The summed E-state index contributed by atoms with van der Waals surface area (Å²) in [5.74, 6) is 2.25. The fourth-order valence-electron chi connectivity index (χ4n) is 3.66. The number of carbonyl (C=O) groups excluding carboxylic acids is 1. The zero-order valence-electron chi connectivity index (χ0n) is 15.7. The number of ether oxygens (including phenoxy) is 3. The summed E-state index contributed by atoms with van der Waals surface area (Å²) in [7, 11) is 0. The molecule has 0 spiro atoms. The Balaban J connectivity index is 1.21. The fraction of sp³-hybridized carbons (Fsp3) is 0.409. The molecule has 28 heavy (non-hydrogen) atoms. The number of benzene rings is 2. The van der Waals surface area contributed by atoms with Crippen LogP contribution in [0, 0.1) is 11.7 Å². The van der Waals surface area contributed by atoms with E-state index in [1.165, 1.54) is 12.1 Å². The van der Waals surface area contributed by atoms with Crippen LogP contribution in [0.1, 0.15) is 19.3 Å². The molecule has 0 aliphatic carbocycles. The van der Waals surface area contributed by atoms with Crippen LogP contribution < -0.4 is 14.2 Å². The van der Waals surface area contributed by atoms with E-state index in [0.717, 1.165) is 32.4 Å². The van der Waals surface area contributed by atoms with E-state index >= 15 is 0 Å². The summed E-state index contributed by atoms with van der Waals surface area (Å²) in [4.78, 5) is 14.6. The third kappa shape index (κ3) is 4.38. The van der Waals surface area contributed by atoms with Crippen molar-refractivity contribution in [1.29, 1.82) is 0 Å². The minimum absolute atomic E-state index is 0.00415. The lowest BCUT2D eigenvalue weighted by Crippen LogP contribution is -2.49. The molecule has 0 saturated carbocycles. The van der Waals surface area contributed by atoms with E-state index in [-0.39, 0.29) is 18.3 Å². The van der Waals surface area contributed by atoms with Crippen LogP contribution >= 0.6 is 0 Å². The lowest BCUT2D eigenvalue weighted by atomic mass is 9.93. The number of rotatable bonds is 5. The minimum atomic E-state index is -0.576. The maximum atomic E-state index is 12.9. The Morgan fingerprint density at radius 3 is 2.54 bits per heavy atom. The highest BCUT2D eigenvalue weighted by Crippen LogP contribution is 2.32.